The highest BCUT2D eigenvalue weighted by Crippen LogP contribution is 2.26. The summed E-state index contributed by atoms with van der Waals surface area (Å²) in [6, 6.07) is 22.5. The molecule has 0 N–H and O–H groups in total. The Morgan fingerprint density at radius 2 is 1.52 bits per heavy atom. The Balaban J connectivity index is 1.41. The topological polar surface area (TPSA) is 54.5 Å². The van der Waals surface area contributed by atoms with Crippen molar-refractivity contribution in [2.45, 2.75) is 32.5 Å². The molecule has 170 valence electrons. The fourth-order valence-corrected chi connectivity index (χ4v) is 4.82. The molecule has 2 aromatic heterocycles. The van der Waals surface area contributed by atoms with Gasteiger partial charge in [0.1, 0.15) is 11.2 Å². The Bertz CT molecular complexity index is 1240. The minimum Gasteiger partial charge on any atom is -0.446 e. The first kappa shape index (κ1) is 21.6. The molecule has 0 radical (unpaired) electrons. The van der Waals surface area contributed by atoms with Crippen LogP contribution in [0.4, 0.5) is 0 Å². The predicted molar refractivity (Wildman–Crippen MR) is 130 cm³/mol. The average Bonchev–Trinajstić information content (AvgIpc) is 3.33. The number of aromatic nitrogens is 2. The Kier molecular flexibility index (Phi) is 6.37. The van der Waals surface area contributed by atoms with E-state index in [-0.39, 0.29) is 11.6 Å². The molecule has 0 bridgehead atoms. The zero-order valence-electron chi connectivity index (χ0n) is 19.1. The molecule has 1 fully saturated rings. The molecule has 1 saturated heterocycles. The lowest BCUT2D eigenvalue weighted by molar-refractivity contribution is 0.0843. The van der Waals surface area contributed by atoms with Gasteiger partial charge >= 0.3 is 0 Å². The van der Waals surface area contributed by atoms with Gasteiger partial charge in [0.05, 0.1) is 18.8 Å². The van der Waals surface area contributed by atoms with Crippen molar-refractivity contribution >= 4 is 11.1 Å². The van der Waals surface area contributed by atoms with Gasteiger partial charge in [-0.3, -0.25) is 19.2 Å². The molecule has 0 spiro atoms. The van der Waals surface area contributed by atoms with E-state index in [1.54, 1.807) is 12.3 Å². The summed E-state index contributed by atoms with van der Waals surface area (Å²) in [5, 5.41) is 0.539. The van der Waals surface area contributed by atoms with Crippen molar-refractivity contribution in [3.05, 3.63) is 100 Å². The standard InChI is InChI=1S/C27H30N4O2/c1-2-24(30-16-14-29(15-17-30)19-21-9-5-3-6-10-21)25-28-26-23(13-18-33-26)27(32)31(25)20-22-11-7-4-8-12-22/h3-13,18,24H,2,14-17,19-20H2,1H3. The minimum atomic E-state index is -0.0335. The van der Waals surface area contributed by atoms with Gasteiger partial charge in [-0.1, -0.05) is 67.6 Å². The molecule has 5 rings (SSSR count). The third kappa shape index (κ3) is 4.63. The zero-order valence-corrected chi connectivity index (χ0v) is 19.1. The monoisotopic (exact) mass is 442 g/mol. The van der Waals surface area contributed by atoms with Crippen LogP contribution < -0.4 is 5.56 Å². The highest BCUT2D eigenvalue weighted by atomic mass is 16.3. The van der Waals surface area contributed by atoms with E-state index in [2.05, 4.69) is 59.2 Å². The predicted octanol–water partition coefficient (Wildman–Crippen LogP) is 4.31. The van der Waals surface area contributed by atoms with Crippen molar-refractivity contribution in [2.75, 3.05) is 26.2 Å². The van der Waals surface area contributed by atoms with Gasteiger partial charge < -0.3 is 4.42 Å². The third-order valence-electron chi connectivity index (χ3n) is 6.58. The summed E-state index contributed by atoms with van der Waals surface area (Å²) in [6.45, 7) is 7.54. The van der Waals surface area contributed by atoms with Crippen molar-refractivity contribution in [3.8, 4) is 0 Å². The molecule has 1 aliphatic rings. The molecule has 2 aromatic carbocycles. The number of hydrogen-bond acceptors (Lipinski definition) is 5. The summed E-state index contributed by atoms with van der Waals surface area (Å²) < 4.78 is 7.40. The van der Waals surface area contributed by atoms with Crippen LogP contribution in [0.5, 0.6) is 0 Å². The molecule has 1 aliphatic heterocycles. The molecule has 1 unspecified atom stereocenters. The number of hydrogen-bond donors (Lipinski definition) is 0. The van der Waals surface area contributed by atoms with Gasteiger partial charge in [-0.05, 0) is 23.6 Å². The fraction of sp³-hybridized carbons (Fsp3) is 0.333. The van der Waals surface area contributed by atoms with E-state index in [1.165, 1.54) is 5.56 Å². The fourth-order valence-electron chi connectivity index (χ4n) is 4.82. The normalized spacial score (nSPS) is 16.3. The van der Waals surface area contributed by atoms with Crippen LogP contribution in [0.1, 0.15) is 36.3 Å². The molecule has 6 nitrogen and oxygen atoms in total. The number of rotatable bonds is 7. The van der Waals surface area contributed by atoms with Crippen LogP contribution in [0.2, 0.25) is 0 Å². The van der Waals surface area contributed by atoms with E-state index in [1.807, 2.05) is 22.8 Å². The van der Waals surface area contributed by atoms with Crippen molar-refractivity contribution in [1.82, 2.24) is 19.4 Å². The molecular formula is C27H30N4O2. The van der Waals surface area contributed by atoms with Crippen molar-refractivity contribution in [3.63, 3.8) is 0 Å². The number of benzene rings is 2. The summed E-state index contributed by atoms with van der Waals surface area (Å²) in [6.07, 6.45) is 2.44. The molecule has 4 aromatic rings. The van der Waals surface area contributed by atoms with E-state index in [9.17, 15) is 4.79 Å². The number of fused-ring (bicyclic) bond motifs is 1. The second-order valence-electron chi connectivity index (χ2n) is 8.71. The largest absolute Gasteiger partial charge is 0.446 e. The first-order valence-corrected chi connectivity index (χ1v) is 11.7. The lowest BCUT2D eigenvalue weighted by Crippen LogP contribution is -2.48. The first-order chi connectivity index (χ1) is 16.2. The Hall–Kier alpha value is -3.22. The van der Waals surface area contributed by atoms with Crippen molar-refractivity contribution < 1.29 is 4.42 Å². The molecule has 0 saturated carbocycles. The molecule has 0 amide bonds. The average molecular weight is 443 g/mol. The second-order valence-corrected chi connectivity index (χ2v) is 8.71. The summed E-state index contributed by atoms with van der Waals surface area (Å²) in [5.74, 6) is 0.797. The molecule has 0 aliphatic carbocycles. The van der Waals surface area contributed by atoms with Gasteiger partial charge in [0.25, 0.3) is 5.56 Å². The molecular weight excluding hydrogens is 412 g/mol. The quantitative estimate of drug-likeness (QED) is 0.427. The maximum absolute atomic E-state index is 13.4. The SMILES string of the molecule is CCC(c1nc2occc2c(=O)n1Cc1ccccc1)N1CCN(Cc2ccccc2)CC1. The maximum atomic E-state index is 13.4. The van der Waals surface area contributed by atoms with Crippen LogP contribution >= 0.6 is 0 Å². The highest BCUT2D eigenvalue weighted by molar-refractivity contribution is 5.71. The second kappa shape index (κ2) is 9.73. The van der Waals surface area contributed by atoms with Crippen LogP contribution in [-0.4, -0.2) is 45.5 Å². The van der Waals surface area contributed by atoms with Crippen molar-refractivity contribution in [2.24, 2.45) is 0 Å². The summed E-state index contributed by atoms with van der Waals surface area (Å²) >= 11 is 0. The third-order valence-corrected chi connectivity index (χ3v) is 6.58. The van der Waals surface area contributed by atoms with Gasteiger partial charge in [-0.15, -0.1) is 0 Å². The van der Waals surface area contributed by atoms with Crippen LogP contribution in [0.25, 0.3) is 11.1 Å². The van der Waals surface area contributed by atoms with Gasteiger partial charge in [-0.25, -0.2) is 0 Å². The zero-order chi connectivity index (χ0) is 22.6. The summed E-state index contributed by atoms with van der Waals surface area (Å²) in [4.78, 5) is 23.2. The lowest BCUT2D eigenvalue weighted by Gasteiger charge is -2.39. The van der Waals surface area contributed by atoms with Gasteiger partial charge in [0.15, 0.2) is 0 Å². The Morgan fingerprint density at radius 3 is 2.15 bits per heavy atom. The van der Waals surface area contributed by atoms with Gasteiger partial charge in [0, 0.05) is 32.7 Å². The Morgan fingerprint density at radius 1 is 0.879 bits per heavy atom. The summed E-state index contributed by atoms with van der Waals surface area (Å²) in [7, 11) is 0. The van der Waals surface area contributed by atoms with Crippen LogP contribution in [0.3, 0.4) is 0 Å². The van der Waals surface area contributed by atoms with Gasteiger partial charge in [0.2, 0.25) is 5.71 Å². The molecule has 3 heterocycles. The lowest BCUT2D eigenvalue weighted by atomic mass is 10.1. The van der Waals surface area contributed by atoms with Crippen LogP contribution in [0, 0.1) is 0 Å². The minimum absolute atomic E-state index is 0.0335. The first-order valence-electron chi connectivity index (χ1n) is 11.7. The molecule has 6 heteroatoms. The molecule has 33 heavy (non-hydrogen) atoms. The van der Waals surface area contributed by atoms with E-state index >= 15 is 0 Å². The number of piperazine rings is 1. The Labute approximate surface area is 194 Å². The van der Waals surface area contributed by atoms with E-state index in [0.717, 1.165) is 50.5 Å². The molecule has 1 atom stereocenters. The van der Waals surface area contributed by atoms with Crippen molar-refractivity contribution in [1.29, 1.82) is 0 Å². The smallest absolute Gasteiger partial charge is 0.265 e. The van der Waals surface area contributed by atoms with Crippen LogP contribution in [-0.2, 0) is 13.1 Å². The van der Waals surface area contributed by atoms with Gasteiger partial charge in [-0.2, -0.15) is 4.98 Å². The number of furan rings is 1. The summed E-state index contributed by atoms with van der Waals surface area (Å²) in [5.41, 5.74) is 2.84. The van der Waals surface area contributed by atoms with Crippen LogP contribution in [0.15, 0.2) is 82.2 Å². The highest BCUT2D eigenvalue weighted by Gasteiger charge is 2.28. The maximum Gasteiger partial charge on any atom is 0.265 e. The van der Waals surface area contributed by atoms with E-state index < -0.39 is 0 Å². The van der Waals surface area contributed by atoms with E-state index in [4.69, 9.17) is 9.40 Å². The number of nitrogens with zero attached hydrogens (tertiary/aromatic N) is 4. The van der Waals surface area contributed by atoms with E-state index in [0.29, 0.717) is 17.6 Å².